The topological polar surface area (TPSA) is 150 Å². The molecule has 12 nitrogen and oxygen atoms in total. The molecule has 4 fully saturated rings. The lowest BCUT2D eigenvalue weighted by atomic mass is 9.62. The average molecular weight is 663 g/mol. The Morgan fingerprint density at radius 1 is 1.09 bits per heavy atom. The van der Waals surface area contributed by atoms with Crippen molar-refractivity contribution in [2.24, 2.45) is 29.1 Å². The van der Waals surface area contributed by atoms with Gasteiger partial charge in [0.05, 0.1) is 17.8 Å². The Bertz CT molecular complexity index is 1270. The SMILES string of the molecule is C#CCO[C@@]1(C)C[C@@H](C)C(=O)C2(C)CNC3C(=O)O[C@@](C)(C32)[C@@H](CC)OC(=O)[C@H](C)C(=O)[C@H](C)[C@H]1O[C@@H]1O[C@H](C)C[C@H](N(C)C)[C@H]1O. The summed E-state index contributed by atoms with van der Waals surface area (Å²) in [7, 11) is 3.72. The van der Waals surface area contributed by atoms with Gasteiger partial charge < -0.3 is 39.0 Å². The summed E-state index contributed by atoms with van der Waals surface area (Å²) in [4.78, 5) is 57.6. The molecule has 47 heavy (non-hydrogen) atoms. The lowest BCUT2D eigenvalue weighted by Crippen LogP contribution is -2.60. The molecule has 4 aliphatic rings. The Balaban J connectivity index is 1.84. The zero-order valence-electron chi connectivity index (χ0n) is 29.5. The second-order valence-electron chi connectivity index (χ2n) is 15.0. The molecular formula is C35H54N2O10. The van der Waals surface area contributed by atoms with Crippen molar-refractivity contribution in [3.8, 4) is 12.3 Å². The summed E-state index contributed by atoms with van der Waals surface area (Å²) in [6.07, 6.45) is 2.09. The zero-order chi connectivity index (χ0) is 35.2. The first kappa shape index (κ1) is 37.4. The smallest absolute Gasteiger partial charge is 0.324 e. The van der Waals surface area contributed by atoms with E-state index in [2.05, 4.69) is 11.2 Å². The molecule has 0 amide bonds. The molecule has 0 aliphatic carbocycles. The van der Waals surface area contributed by atoms with Crippen LogP contribution in [0.1, 0.15) is 74.7 Å². The lowest BCUT2D eigenvalue weighted by molar-refractivity contribution is -0.296. The molecule has 0 aromatic heterocycles. The number of ether oxygens (including phenoxy) is 5. The van der Waals surface area contributed by atoms with E-state index in [9.17, 15) is 24.3 Å². The van der Waals surface area contributed by atoms with Crippen molar-refractivity contribution >= 4 is 23.5 Å². The summed E-state index contributed by atoms with van der Waals surface area (Å²) >= 11 is 0. The van der Waals surface area contributed by atoms with E-state index in [0.29, 0.717) is 12.8 Å². The van der Waals surface area contributed by atoms with Crippen molar-refractivity contribution in [3.63, 3.8) is 0 Å². The van der Waals surface area contributed by atoms with Crippen LogP contribution in [0.5, 0.6) is 0 Å². The number of nitrogens with one attached hydrogen (secondary N) is 1. The number of carbonyl (C=O) groups is 4. The summed E-state index contributed by atoms with van der Waals surface area (Å²) < 4.78 is 31.0. The molecule has 2 N–H and O–H groups in total. The normalized spacial score (nSPS) is 46.4. The Morgan fingerprint density at radius 3 is 2.34 bits per heavy atom. The van der Waals surface area contributed by atoms with Gasteiger partial charge in [0.1, 0.15) is 36.6 Å². The monoisotopic (exact) mass is 662 g/mol. The van der Waals surface area contributed by atoms with Crippen molar-refractivity contribution in [3.05, 3.63) is 0 Å². The average Bonchev–Trinajstić information content (AvgIpc) is 3.52. The number of likely N-dealkylation sites (N-methyl/N-ethyl adjacent to an activating group) is 1. The number of nitrogens with zero attached hydrogens (tertiary/aromatic N) is 1. The fourth-order valence-corrected chi connectivity index (χ4v) is 8.78. The van der Waals surface area contributed by atoms with Crippen molar-refractivity contribution in [1.29, 1.82) is 0 Å². The predicted octanol–water partition coefficient (Wildman–Crippen LogP) is 1.89. The number of ketones is 2. The highest BCUT2D eigenvalue weighted by Gasteiger charge is 2.69. The number of hydrogen-bond acceptors (Lipinski definition) is 12. The molecule has 4 aliphatic heterocycles. The number of aliphatic hydroxyl groups is 1. The molecule has 264 valence electrons. The largest absolute Gasteiger partial charge is 0.458 e. The van der Waals surface area contributed by atoms with Crippen LogP contribution in [-0.2, 0) is 42.9 Å². The van der Waals surface area contributed by atoms with Gasteiger partial charge in [-0.3, -0.25) is 19.2 Å². The van der Waals surface area contributed by atoms with E-state index in [1.807, 2.05) is 39.8 Å². The molecule has 0 saturated carbocycles. The van der Waals surface area contributed by atoms with E-state index in [-0.39, 0.29) is 37.5 Å². The van der Waals surface area contributed by atoms with Gasteiger partial charge in [0.25, 0.3) is 0 Å². The van der Waals surface area contributed by atoms with Crippen LogP contribution in [0.15, 0.2) is 0 Å². The third-order valence-electron chi connectivity index (χ3n) is 11.2. The minimum atomic E-state index is -1.36. The molecule has 0 radical (unpaired) electrons. The van der Waals surface area contributed by atoms with Crippen molar-refractivity contribution in [1.82, 2.24) is 10.2 Å². The Morgan fingerprint density at radius 2 is 1.74 bits per heavy atom. The van der Waals surface area contributed by atoms with Crippen molar-refractivity contribution in [2.45, 2.75) is 129 Å². The van der Waals surface area contributed by atoms with Crippen molar-refractivity contribution in [2.75, 3.05) is 27.2 Å². The Labute approximate surface area is 278 Å². The first-order valence-corrected chi connectivity index (χ1v) is 16.8. The van der Waals surface area contributed by atoms with Crippen molar-refractivity contribution < 1.29 is 48.0 Å². The number of rotatable bonds is 6. The predicted molar refractivity (Wildman–Crippen MR) is 171 cm³/mol. The highest BCUT2D eigenvalue weighted by Crippen LogP contribution is 2.53. The summed E-state index contributed by atoms with van der Waals surface area (Å²) in [6.45, 7) is 13.9. The summed E-state index contributed by atoms with van der Waals surface area (Å²) in [6, 6.07) is -1.06. The lowest BCUT2D eigenvalue weighted by Gasteiger charge is -2.47. The molecule has 4 heterocycles. The van der Waals surface area contributed by atoms with Gasteiger partial charge in [-0.15, -0.1) is 6.42 Å². The van der Waals surface area contributed by atoms with E-state index >= 15 is 0 Å². The van der Waals surface area contributed by atoms with E-state index in [1.54, 1.807) is 27.7 Å². The number of carbonyl (C=O) groups excluding carboxylic acids is 4. The second kappa shape index (κ2) is 13.8. The maximum Gasteiger partial charge on any atom is 0.324 e. The molecule has 12 heteroatoms. The minimum Gasteiger partial charge on any atom is -0.458 e. The van der Waals surface area contributed by atoms with Gasteiger partial charge in [0.2, 0.25) is 0 Å². The maximum atomic E-state index is 14.6. The van der Waals surface area contributed by atoms with Gasteiger partial charge in [0, 0.05) is 35.8 Å². The molecule has 0 bridgehead atoms. The highest BCUT2D eigenvalue weighted by molar-refractivity contribution is 6.00. The van der Waals surface area contributed by atoms with Gasteiger partial charge in [-0.2, -0.15) is 0 Å². The van der Waals surface area contributed by atoms with Crippen LogP contribution in [0, 0.1) is 41.4 Å². The quantitative estimate of drug-likeness (QED) is 0.243. The number of terminal acetylenes is 1. The number of Topliss-reactive ketones (excluding diaryl/α,β-unsaturated/α-hetero) is 2. The van der Waals surface area contributed by atoms with Crippen LogP contribution in [0.25, 0.3) is 0 Å². The summed E-state index contributed by atoms with van der Waals surface area (Å²) in [5, 5.41) is 14.6. The first-order chi connectivity index (χ1) is 21.9. The van der Waals surface area contributed by atoms with Gasteiger partial charge >= 0.3 is 11.9 Å². The van der Waals surface area contributed by atoms with Crippen LogP contribution >= 0.6 is 0 Å². The Hall–Kier alpha value is -2.40. The summed E-state index contributed by atoms with van der Waals surface area (Å²) in [5.74, 6) is -2.95. The van der Waals surface area contributed by atoms with Gasteiger partial charge in [-0.25, -0.2) is 0 Å². The first-order valence-electron chi connectivity index (χ1n) is 16.8. The maximum absolute atomic E-state index is 14.6. The molecule has 0 aromatic carbocycles. The van der Waals surface area contributed by atoms with Gasteiger partial charge in [-0.1, -0.05) is 33.6 Å². The second-order valence-corrected chi connectivity index (χ2v) is 15.0. The van der Waals surface area contributed by atoms with Crippen LogP contribution in [0.2, 0.25) is 0 Å². The molecular weight excluding hydrogens is 608 g/mol. The molecule has 0 aromatic rings. The van der Waals surface area contributed by atoms with E-state index in [4.69, 9.17) is 30.1 Å². The third kappa shape index (κ3) is 6.64. The minimum absolute atomic E-state index is 0.0831. The van der Waals surface area contributed by atoms with Gasteiger partial charge in [-0.05, 0) is 61.1 Å². The fraction of sp³-hybridized carbons (Fsp3) is 0.829. The zero-order valence-corrected chi connectivity index (χ0v) is 29.5. The molecule has 4 saturated heterocycles. The molecule has 3 unspecified atom stereocenters. The number of cyclic esters (lactones) is 1. The third-order valence-corrected chi connectivity index (χ3v) is 11.2. The molecule has 0 spiro atoms. The van der Waals surface area contributed by atoms with Gasteiger partial charge in [0.15, 0.2) is 17.7 Å². The highest BCUT2D eigenvalue weighted by atomic mass is 16.7. The van der Waals surface area contributed by atoms with E-state index < -0.39 is 88.7 Å². The van der Waals surface area contributed by atoms with E-state index in [0.717, 1.165) is 0 Å². The number of aliphatic hydroxyl groups excluding tert-OH is 1. The molecule has 4 rings (SSSR count). The van der Waals surface area contributed by atoms with Crippen LogP contribution in [0.4, 0.5) is 0 Å². The van der Waals surface area contributed by atoms with Crippen LogP contribution in [0.3, 0.4) is 0 Å². The fourth-order valence-electron chi connectivity index (χ4n) is 8.78. The van der Waals surface area contributed by atoms with Crippen LogP contribution in [-0.4, -0.2) is 115 Å². The van der Waals surface area contributed by atoms with E-state index in [1.165, 1.54) is 6.92 Å². The van der Waals surface area contributed by atoms with Crippen LogP contribution < -0.4 is 5.32 Å². The standard InChI is InChI=1S/C35H54N2O10/c1-12-14-43-34(8)16-18(3)28(40)33(7)17-36-24-27(33)35(9,47-31(24)42)23(13-2)45-30(41)21(6)25(38)20(5)29(34)46-32-26(39)22(37(10)11)15-19(4)44-32/h1,18-24,26-27,29,32,36,39H,13-17H2,2-11H3/t18-,19-,20+,21-,22+,23-,24?,26-,27?,29-,32+,33?,34+,35-/m1/s1. The summed E-state index contributed by atoms with van der Waals surface area (Å²) in [5.41, 5.74) is -3.76. The number of hydrogen-bond donors (Lipinski definition) is 2. The number of esters is 2. The molecule has 14 atom stereocenters. The Kier molecular flexibility index (Phi) is 11.0.